The monoisotopic (exact) mass is 401 g/mol. The van der Waals surface area contributed by atoms with E-state index in [0.717, 1.165) is 0 Å². The molecule has 0 saturated heterocycles. The van der Waals surface area contributed by atoms with Crippen LogP contribution in [-0.4, -0.2) is 55.7 Å². The van der Waals surface area contributed by atoms with Crippen molar-refractivity contribution in [3.8, 4) is 11.5 Å². The van der Waals surface area contributed by atoms with Crippen molar-refractivity contribution >= 4 is 11.7 Å². The predicted molar refractivity (Wildman–Crippen MR) is 103 cm³/mol. The predicted octanol–water partition coefficient (Wildman–Crippen LogP) is 2.91. The highest BCUT2D eigenvalue weighted by atomic mass is 16.5. The van der Waals surface area contributed by atoms with Crippen LogP contribution in [0.5, 0.6) is 11.5 Å². The third-order valence-corrected chi connectivity index (χ3v) is 4.63. The van der Waals surface area contributed by atoms with E-state index in [1.54, 1.807) is 24.3 Å². The van der Waals surface area contributed by atoms with Gasteiger partial charge in [-0.05, 0) is 36.8 Å². The summed E-state index contributed by atoms with van der Waals surface area (Å²) in [5.74, 6) is -0.758. The molecule has 29 heavy (non-hydrogen) atoms. The molecule has 0 radical (unpaired) electrons. The van der Waals surface area contributed by atoms with Gasteiger partial charge >= 0.3 is 0 Å². The van der Waals surface area contributed by atoms with Gasteiger partial charge in [0.25, 0.3) is 5.91 Å². The second-order valence-corrected chi connectivity index (χ2v) is 6.31. The summed E-state index contributed by atoms with van der Waals surface area (Å²) in [4.78, 5) is 27.2. The average molecular weight is 401 g/mol. The zero-order chi connectivity index (χ0) is 21.0. The van der Waals surface area contributed by atoms with Crippen LogP contribution in [0.25, 0.3) is 0 Å². The molecule has 154 valence electrons. The first-order valence-electron chi connectivity index (χ1n) is 9.15. The van der Waals surface area contributed by atoms with Gasteiger partial charge in [0, 0.05) is 13.7 Å². The molecular weight excluding hydrogens is 378 g/mol. The van der Waals surface area contributed by atoms with Gasteiger partial charge < -0.3 is 28.6 Å². The van der Waals surface area contributed by atoms with E-state index in [2.05, 4.69) is 0 Å². The number of amides is 1. The van der Waals surface area contributed by atoms with Crippen LogP contribution in [0.2, 0.25) is 0 Å². The summed E-state index contributed by atoms with van der Waals surface area (Å²) in [5, 5.41) is 10.5. The van der Waals surface area contributed by atoms with Crippen LogP contribution >= 0.6 is 0 Å². The Labute approximate surface area is 168 Å². The Bertz CT molecular complexity index is 917. The molecular formula is C21H23NO7. The highest BCUT2D eigenvalue weighted by Crippen LogP contribution is 2.41. The zero-order valence-corrected chi connectivity index (χ0v) is 16.5. The van der Waals surface area contributed by atoms with Gasteiger partial charge in [-0.15, -0.1) is 0 Å². The maximum atomic E-state index is 13.0. The number of ether oxygens (including phenoxy) is 3. The SMILES string of the molecule is CCOc1cc(C2C(C(=O)c3ccco3)=C(O)C(=O)N2CCOC)ccc1OC. The van der Waals surface area contributed by atoms with Crippen molar-refractivity contribution in [3.63, 3.8) is 0 Å². The molecule has 0 bridgehead atoms. The van der Waals surface area contributed by atoms with Crippen LogP contribution < -0.4 is 9.47 Å². The van der Waals surface area contributed by atoms with E-state index in [9.17, 15) is 14.7 Å². The van der Waals surface area contributed by atoms with E-state index in [1.807, 2.05) is 6.92 Å². The molecule has 1 atom stereocenters. The molecule has 0 saturated carbocycles. The summed E-state index contributed by atoms with van der Waals surface area (Å²) >= 11 is 0. The highest BCUT2D eigenvalue weighted by Gasteiger charge is 2.44. The fourth-order valence-corrected chi connectivity index (χ4v) is 3.32. The molecule has 1 amide bonds. The standard InChI is InChI=1S/C21H23NO7/c1-4-28-16-12-13(7-8-14(16)27-3)18-17(19(23)15-6-5-10-29-15)20(24)21(25)22(18)9-11-26-2/h5-8,10,12,18,24H,4,9,11H2,1-3H3. The Morgan fingerprint density at radius 1 is 1.24 bits per heavy atom. The second kappa shape index (κ2) is 8.83. The minimum Gasteiger partial charge on any atom is -0.503 e. The fraction of sp³-hybridized carbons (Fsp3) is 0.333. The van der Waals surface area contributed by atoms with Gasteiger partial charge in [0.2, 0.25) is 5.78 Å². The number of aliphatic hydroxyl groups excluding tert-OH is 1. The number of carbonyl (C=O) groups excluding carboxylic acids is 2. The average Bonchev–Trinajstić information content (AvgIpc) is 3.34. The zero-order valence-electron chi connectivity index (χ0n) is 16.5. The van der Waals surface area contributed by atoms with Crippen molar-refractivity contribution in [1.82, 2.24) is 4.90 Å². The van der Waals surface area contributed by atoms with Crippen LogP contribution in [0.4, 0.5) is 0 Å². The summed E-state index contributed by atoms with van der Waals surface area (Å²) in [6.07, 6.45) is 1.36. The summed E-state index contributed by atoms with van der Waals surface area (Å²) in [7, 11) is 3.04. The van der Waals surface area contributed by atoms with Crippen molar-refractivity contribution in [1.29, 1.82) is 0 Å². The Morgan fingerprint density at radius 2 is 2.03 bits per heavy atom. The Morgan fingerprint density at radius 3 is 2.66 bits per heavy atom. The third kappa shape index (κ3) is 3.84. The molecule has 1 unspecified atom stereocenters. The molecule has 1 aliphatic heterocycles. The Kier molecular flexibility index (Phi) is 6.23. The second-order valence-electron chi connectivity index (χ2n) is 6.31. The maximum Gasteiger partial charge on any atom is 0.290 e. The molecule has 1 N–H and O–H groups in total. The normalized spacial score (nSPS) is 16.4. The molecule has 1 aliphatic rings. The highest BCUT2D eigenvalue weighted by molar-refractivity contribution is 6.15. The van der Waals surface area contributed by atoms with Crippen LogP contribution in [0.15, 0.2) is 52.3 Å². The lowest BCUT2D eigenvalue weighted by atomic mass is 9.94. The summed E-state index contributed by atoms with van der Waals surface area (Å²) in [6, 6.07) is 7.37. The molecule has 0 spiro atoms. The molecule has 1 aromatic heterocycles. The van der Waals surface area contributed by atoms with Crippen LogP contribution in [-0.2, 0) is 9.53 Å². The topological polar surface area (TPSA) is 98.4 Å². The Hall–Kier alpha value is -3.26. The number of nitrogens with zero attached hydrogens (tertiary/aromatic N) is 1. The first-order chi connectivity index (χ1) is 14.0. The molecule has 0 aliphatic carbocycles. The van der Waals surface area contributed by atoms with E-state index in [0.29, 0.717) is 23.7 Å². The number of methoxy groups -OCH3 is 2. The van der Waals surface area contributed by atoms with Gasteiger partial charge in [-0.3, -0.25) is 9.59 Å². The molecule has 3 rings (SSSR count). The Balaban J connectivity index is 2.10. The summed E-state index contributed by atoms with van der Waals surface area (Å²) < 4.78 is 21.2. The molecule has 1 aromatic carbocycles. The van der Waals surface area contributed by atoms with Crippen LogP contribution in [0, 0.1) is 0 Å². The lowest BCUT2D eigenvalue weighted by molar-refractivity contribution is -0.130. The number of benzene rings is 1. The van der Waals surface area contributed by atoms with Gasteiger partial charge in [0.05, 0.1) is 38.2 Å². The lowest BCUT2D eigenvalue weighted by Gasteiger charge is -2.27. The first kappa shape index (κ1) is 20.5. The largest absolute Gasteiger partial charge is 0.503 e. The van der Waals surface area contributed by atoms with Gasteiger partial charge in [-0.1, -0.05) is 6.07 Å². The quantitative estimate of drug-likeness (QED) is 0.645. The number of hydrogen-bond donors (Lipinski definition) is 1. The van der Waals surface area contributed by atoms with E-state index < -0.39 is 23.5 Å². The van der Waals surface area contributed by atoms with Crippen molar-refractivity contribution in [2.45, 2.75) is 13.0 Å². The van der Waals surface area contributed by atoms with Crippen molar-refractivity contribution in [2.24, 2.45) is 0 Å². The van der Waals surface area contributed by atoms with E-state index in [4.69, 9.17) is 18.6 Å². The number of ketones is 1. The van der Waals surface area contributed by atoms with Crippen molar-refractivity contribution in [3.05, 3.63) is 59.3 Å². The minimum absolute atomic E-state index is 0.0384. The van der Waals surface area contributed by atoms with Crippen LogP contribution in [0.3, 0.4) is 0 Å². The van der Waals surface area contributed by atoms with E-state index >= 15 is 0 Å². The van der Waals surface area contributed by atoms with Crippen LogP contribution in [0.1, 0.15) is 29.1 Å². The van der Waals surface area contributed by atoms with Gasteiger partial charge in [-0.25, -0.2) is 0 Å². The lowest BCUT2D eigenvalue weighted by Crippen LogP contribution is -2.34. The number of carbonyl (C=O) groups is 2. The number of aliphatic hydroxyl groups is 1. The smallest absolute Gasteiger partial charge is 0.290 e. The summed E-state index contributed by atoms with van der Waals surface area (Å²) in [6.45, 7) is 2.69. The van der Waals surface area contributed by atoms with E-state index in [1.165, 1.54) is 31.4 Å². The maximum absolute atomic E-state index is 13.0. The molecule has 8 nitrogen and oxygen atoms in total. The summed E-state index contributed by atoms with van der Waals surface area (Å²) in [5.41, 5.74) is 0.548. The fourth-order valence-electron chi connectivity index (χ4n) is 3.32. The molecule has 2 aromatic rings. The molecule has 2 heterocycles. The number of rotatable bonds is 9. The number of hydrogen-bond acceptors (Lipinski definition) is 7. The third-order valence-electron chi connectivity index (χ3n) is 4.63. The first-order valence-corrected chi connectivity index (χ1v) is 9.15. The van der Waals surface area contributed by atoms with E-state index in [-0.39, 0.29) is 24.5 Å². The van der Waals surface area contributed by atoms with Crippen molar-refractivity contribution in [2.75, 3.05) is 34.0 Å². The number of Topliss-reactive ketones (excluding diaryl/α,β-unsaturated/α-hetero) is 1. The molecule has 0 fully saturated rings. The van der Waals surface area contributed by atoms with Gasteiger partial charge in [0.15, 0.2) is 23.0 Å². The van der Waals surface area contributed by atoms with Gasteiger partial charge in [0.1, 0.15) is 0 Å². The van der Waals surface area contributed by atoms with Gasteiger partial charge in [-0.2, -0.15) is 0 Å². The minimum atomic E-state index is -0.819. The number of furan rings is 1. The molecule has 8 heteroatoms. The van der Waals surface area contributed by atoms with Crippen molar-refractivity contribution < 1.29 is 33.3 Å².